The van der Waals surface area contributed by atoms with E-state index < -0.39 is 6.04 Å². The summed E-state index contributed by atoms with van der Waals surface area (Å²) in [6, 6.07) is 5.17. The number of aromatic nitrogens is 2. The number of H-pyrrole nitrogens is 1. The summed E-state index contributed by atoms with van der Waals surface area (Å²) >= 11 is 0. The van der Waals surface area contributed by atoms with E-state index in [0.717, 1.165) is 49.6 Å². The Hall–Kier alpha value is -3.04. The van der Waals surface area contributed by atoms with Crippen LogP contribution in [-0.4, -0.2) is 77.6 Å². The number of amides is 2. The molecule has 0 saturated heterocycles. The highest BCUT2D eigenvalue weighted by Crippen LogP contribution is 2.36. The van der Waals surface area contributed by atoms with Gasteiger partial charge < -0.3 is 20.5 Å². The first-order chi connectivity index (χ1) is 18.4. The standard InChI is InChI=1S/C30H46N6O3/c1-8-9-13-23(34-29(39)27-20(2)26-24(33-27)16-30(3,4)17-25(26)37)28(38)31-18-21-11-10-12-22(32-21)19-36(7)15-14-35(5)6/h10-12,23,33H,8-9,13-19H2,1-7H3,(H,31,38)(H,34,39). The maximum atomic E-state index is 13.3. The van der Waals surface area contributed by atoms with Crippen LogP contribution >= 0.6 is 0 Å². The van der Waals surface area contributed by atoms with Crippen molar-refractivity contribution in [2.45, 2.75) is 78.9 Å². The third-order valence-corrected chi connectivity index (χ3v) is 7.27. The first-order valence-electron chi connectivity index (χ1n) is 14.0. The first-order valence-corrected chi connectivity index (χ1v) is 14.0. The molecule has 1 aliphatic rings. The highest BCUT2D eigenvalue weighted by atomic mass is 16.2. The van der Waals surface area contributed by atoms with E-state index in [1.165, 1.54) is 0 Å². The lowest BCUT2D eigenvalue weighted by Crippen LogP contribution is -2.46. The zero-order chi connectivity index (χ0) is 28.7. The van der Waals surface area contributed by atoms with E-state index >= 15 is 0 Å². The van der Waals surface area contributed by atoms with Crippen LogP contribution in [0.2, 0.25) is 0 Å². The fourth-order valence-corrected chi connectivity index (χ4v) is 5.11. The molecule has 3 N–H and O–H groups in total. The van der Waals surface area contributed by atoms with E-state index in [1.54, 1.807) is 6.92 Å². The number of carbonyl (C=O) groups excluding carboxylic acids is 3. The molecule has 0 bridgehead atoms. The first kappa shape index (κ1) is 30.5. The number of unbranched alkanes of at least 4 members (excludes halogenated alkanes) is 1. The molecule has 214 valence electrons. The third kappa shape index (κ3) is 8.47. The number of fused-ring (bicyclic) bond motifs is 1. The Morgan fingerprint density at radius 3 is 2.54 bits per heavy atom. The van der Waals surface area contributed by atoms with Gasteiger partial charge in [0, 0.05) is 37.3 Å². The lowest BCUT2D eigenvalue weighted by Gasteiger charge is -2.28. The molecule has 1 aliphatic carbocycles. The smallest absolute Gasteiger partial charge is 0.268 e. The van der Waals surface area contributed by atoms with Crippen molar-refractivity contribution in [3.63, 3.8) is 0 Å². The minimum Gasteiger partial charge on any atom is -0.354 e. The second-order valence-corrected chi connectivity index (χ2v) is 12.0. The summed E-state index contributed by atoms with van der Waals surface area (Å²) in [7, 11) is 6.18. The van der Waals surface area contributed by atoms with Gasteiger partial charge in [-0.15, -0.1) is 0 Å². The van der Waals surface area contributed by atoms with E-state index in [-0.39, 0.29) is 29.6 Å². The SMILES string of the molecule is CCCCC(NC(=O)c1[nH]c2c(c1C)C(=O)CC(C)(C)C2)C(=O)NCc1cccc(CN(C)CCN(C)C)n1. The van der Waals surface area contributed by atoms with E-state index in [2.05, 4.69) is 67.3 Å². The highest BCUT2D eigenvalue weighted by molar-refractivity contribution is 6.05. The molecule has 2 aromatic rings. The predicted molar refractivity (Wildman–Crippen MR) is 154 cm³/mol. The molecule has 0 saturated carbocycles. The van der Waals surface area contributed by atoms with Crippen LogP contribution in [0.4, 0.5) is 0 Å². The molecule has 39 heavy (non-hydrogen) atoms. The van der Waals surface area contributed by atoms with Gasteiger partial charge in [-0.3, -0.25) is 24.3 Å². The van der Waals surface area contributed by atoms with Crippen LogP contribution in [0.25, 0.3) is 0 Å². The molecule has 0 aromatic carbocycles. The number of aromatic amines is 1. The highest BCUT2D eigenvalue weighted by Gasteiger charge is 2.35. The van der Waals surface area contributed by atoms with Gasteiger partial charge in [-0.2, -0.15) is 0 Å². The van der Waals surface area contributed by atoms with Crippen molar-refractivity contribution in [1.29, 1.82) is 0 Å². The van der Waals surface area contributed by atoms with Gasteiger partial charge in [-0.25, -0.2) is 0 Å². The zero-order valence-corrected chi connectivity index (χ0v) is 24.7. The number of pyridine rings is 1. The Labute approximate surface area is 233 Å². The Balaban J connectivity index is 1.65. The van der Waals surface area contributed by atoms with Crippen LogP contribution in [0.3, 0.4) is 0 Å². The molecule has 9 heteroatoms. The van der Waals surface area contributed by atoms with Gasteiger partial charge in [0.15, 0.2) is 5.78 Å². The summed E-state index contributed by atoms with van der Waals surface area (Å²) in [5.41, 5.74) is 4.05. The van der Waals surface area contributed by atoms with Gasteiger partial charge in [0.1, 0.15) is 11.7 Å². The summed E-state index contributed by atoms with van der Waals surface area (Å²) in [5, 5.41) is 5.89. The van der Waals surface area contributed by atoms with E-state index in [4.69, 9.17) is 4.98 Å². The largest absolute Gasteiger partial charge is 0.354 e. The molecule has 1 atom stereocenters. The van der Waals surface area contributed by atoms with Crippen molar-refractivity contribution < 1.29 is 14.4 Å². The quantitative estimate of drug-likeness (QED) is 0.360. The molecule has 2 amide bonds. The van der Waals surface area contributed by atoms with Crippen molar-refractivity contribution in [1.82, 2.24) is 30.4 Å². The monoisotopic (exact) mass is 538 g/mol. The van der Waals surface area contributed by atoms with Gasteiger partial charge in [0.2, 0.25) is 5.91 Å². The minimum atomic E-state index is -0.676. The summed E-state index contributed by atoms with van der Waals surface area (Å²) < 4.78 is 0. The molecule has 2 heterocycles. The average Bonchev–Trinajstić information content (AvgIpc) is 3.19. The van der Waals surface area contributed by atoms with Crippen LogP contribution in [0.1, 0.15) is 89.9 Å². The lowest BCUT2D eigenvalue weighted by molar-refractivity contribution is -0.123. The summed E-state index contributed by atoms with van der Waals surface area (Å²) in [4.78, 5) is 51.5. The number of ketones is 1. The number of hydrogen-bond acceptors (Lipinski definition) is 6. The lowest BCUT2D eigenvalue weighted by atomic mass is 9.75. The second kappa shape index (κ2) is 13.3. The maximum Gasteiger partial charge on any atom is 0.268 e. The maximum absolute atomic E-state index is 13.3. The molecule has 3 rings (SSSR count). The predicted octanol–water partition coefficient (Wildman–Crippen LogP) is 3.47. The molecule has 0 radical (unpaired) electrons. The van der Waals surface area contributed by atoms with Crippen LogP contribution in [0.5, 0.6) is 0 Å². The number of hydrogen-bond donors (Lipinski definition) is 3. The summed E-state index contributed by atoms with van der Waals surface area (Å²) in [6.45, 7) is 10.9. The number of Topliss-reactive ketones (excluding diaryl/α,β-unsaturated/α-hetero) is 1. The number of nitrogens with zero attached hydrogens (tertiary/aromatic N) is 3. The molecular formula is C30H46N6O3. The minimum absolute atomic E-state index is 0.0629. The molecular weight excluding hydrogens is 492 g/mol. The van der Waals surface area contributed by atoms with Crippen molar-refractivity contribution in [3.05, 3.63) is 52.1 Å². The number of carbonyl (C=O) groups is 3. The molecule has 1 unspecified atom stereocenters. The normalized spacial score (nSPS) is 15.4. The van der Waals surface area contributed by atoms with Gasteiger partial charge in [-0.1, -0.05) is 39.7 Å². The Morgan fingerprint density at radius 2 is 1.85 bits per heavy atom. The van der Waals surface area contributed by atoms with Gasteiger partial charge in [-0.05, 0) is 64.0 Å². The van der Waals surface area contributed by atoms with Crippen molar-refractivity contribution in [2.75, 3.05) is 34.2 Å². The number of likely N-dealkylation sites (N-methyl/N-ethyl adjacent to an activating group) is 2. The van der Waals surface area contributed by atoms with E-state index in [9.17, 15) is 14.4 Å². The van der Waals surface area contributed by atoms with E-state index in [1.807, 2.05) is 18.2 Å². The number of nitrogens with one attached hydrogen (secondary N) is 3. The molecule has 2 aromatic heterocycles. The Morgan fingerprint density at radius 1 is 1.13 bits per heavy atom. The van der Waals surface area contributed by atoms with Gasteiger partial charge >= 0.3 is 0 Å². The molecule has 0 aliphatic heterocycles. The van der Waals surface area contributed by atoms with Crippen molar-refractivity contribution in [2.24, 2.45) is 5.41 Å². The van der Waals surface area contributed by atoms with Gasteiger partial charge in [0.05, 0.1) is 17.9 Å². The number of rotatable bonds is 13. The van der Waals surface area contributed by atoms with Crippen LogP contribution in [0.15, 0.2) is 18.2 Å². The molecule has 9 nitrogen and oxygen atoms in total. The third-order valence-electron chi connectivity index (χ3n) is 7.27. The summed E-state index contributed by atoms with van der Waals surface area (Å²) in [5.74, 6) is -0.532. The zero-order valence-electron chi connectivity index (χ0n) is 24.7. The van der Waals surface area contributed by atoms with Crippen molar-refractivity contribution in [3.8, 4) is 0 Å². The van der Waals surface area contributed by atoms with Crippen LogP contribution in [0, 0.1) is 12.3 Å². The average molecular weight is 539 g/mol. The summed E-state index contributed by atoms with van der Waals surface area (Å²) in [6.07, 6.45) is 3.41. The van der Waals surface area contributed by atoms with Crippen molar-refractivity contribution >= 4 is 17.6 Å². The van der Waals surface area contributed by atoms with Crippen LogP contribution < -0.4 is 10.6 Å². The topological polar surface area (TPSA) is 110 Å². The fourth-order valence-electron chi connectivity index (χ4n) is 5.11. The Kier molecular flexibility index (Phi) is 10.4. The molecule has 0 spiro atoms. The van der Waals surface area contributed by atoms with Crippen LogP contribution in [-0.2, 0) is 24.3 Å². The molecule has 0 fully saturated rings. The van der Waals surface area contributed by atoms with E-state index in [0.29, 0.717) is 36.1 Å². The Bertz CT molecular complexity index is 1170. The van der Waals surface area contributed by atoms with Gasteiger partial charge in [0.25, 0.3) is 5.91 Å². The fraction of sp³-hybridized carbons (Fsp3) is 0.600. The second-order valence-electron chi connectivity index (χ2n) is 12.0.